The Hall–Kier alpha value is -3.64. The van der Waals surface area contributed by atoms with Crippen LogP contribution in [-0.2, 0) is 22.3 Å². The Bertz CT molecular complexity index is 1650. The minimum Gasteiger partial charge on any atom is -0.385 e. The minimum atomic E-state index is -4.37. The molecule has 0 spiro atoms. The van der Waals surface area contributed by atoms with E-state index in [0.29, 0.717) is 29.9 Å². The molecule has 0 amide bonds. The second-order valence-electron chi connectivity index (χ2n) is 14.5. The number of halogens is 10. The normalized spacial score (nSPS) is 18.3. The van der Waals surface area contributed by atoms with Crippen LogP contribution in [0.2, 0.25) is 0 Å². The number of aryl methyl sites for hydroxylation is 1. The molecule has 1 fully saturated rings. The van der Waals surface area contributed by atoms with Crippen LogP contribution in [0.4, 0.5) is 43.9 Å². The molecule has 1 saturated carbocycles. The Morgan fingerprint density at radius 1 is 0.625 bits per heavy atom. The summed E-state index contributed by atoms with van der Waals surface area (Å²) in [7, 11) is 2.57. The maximum Gasteiger partial charge on any atom is 0.394 e. The molecule has 4 rings (SSSR count). The highest BCUT2D eigenvalue weighted by molar-refractivity contribution is 5.83. The Labute approximate surface area is 324 Å². The van der Waals surface area contributed by atoms with Gasteiger partial charge in [0.25, 0.3) is 0 Å². The summed E-state index contributed by atoms with van der Waals surface area (Å²) in [5.74, 6) is -6.63. The zero-order valence-electron chi connectivity index (χ0n) is 32.3. The van der Waals surface area contributed by atoms with Crippen molar-refractivity contribution < 1.29 is 53.4 Å². The van der Waals surface area contributed by atoms with Crippen LogP contribution in [0.1, 0.15) is 91.7 Å². The van der Waals surface area contributed by atoms with Crippen molar-refractivity contribution >= 4 is 17.5 Å². The Kier molecular flexibility index (Phi) is 18.6. The van der Waals surface area contributed by atoms with E-state index in [-0.39, 0.29) is 42.6 Å². The van der Waals surface area contributed by atoms with E-state index in [4.69, 9.17) is 4.74 Å². The van der Waals surface area contributed by atoms with Crippen molar-refractivity contribution in [2.24, 2.45) is 23.7 Å². The number of benzene rings is 3. The highest BCUT2D eigenvalue weighted by Gasteiger charge is 2.40. The third-order valence-electron chi connectivity index (χ3n) is 10.2. The van der Waals surface area contributed by atoms with Gasteiger partial charge in [-0.25, -0.2) is 17.6 Å². The molecule has 1 aliphatic carbocycles. The van der Waals surface area contributed by atoms with Gasteiger partial charge in [-0.05, 0) is 68.9 Å². The van der Waals surface area contributed by atoms with Crippen LogP contribution in [0.5, 0.6) is 0 Å². The van der Waals surface area contributed by atoms with Crippen LogP contribution in [0.15, 0.2) is 78.6 Å². The van der Waals surface area contributed by atoms with Gasteiger partial charge in [0.1, 0.15) is 5.83 Å². The molecule has 0 bridgehead atoms. The number of methoxy groups -OCH3 is 2. The van der Waals surface area contributed by atoms with Crippen LogP contribution < -0.4 is 0 Å². The summed E-state index contributed by atoms with van der Waals surface area (Å²) in [4.78, 5) is 0. The van der Waals surface area contributed by atoms with Crippen molar-refractivity contribution in [3.8, 4) is 0 Å². The van der Waals surface area contributed by atoms with Gasteiger partial charge in [-0.15, -0.1) is 0 Å². The average Bonchev–Trinajstić information content (AvgIpc) is 3.18. The molecule has 2 unspecified atom stereocenters. The molecular weight excluding hydrogens is 750 g/mol. The summed E-state index contributed by atoms with van der Waals surface area (Å²) in [5, 5.41) is 0. The van der Waals surface area contributed by atoms with Crippen molar-refractivity contribution in [3.63, 3.8) is 0 Å². The minimum absolute atomic E-state index is 0.00138. The number of ether oxygens (including phenoxy) is 2. The molecule has 3 aromatic carbocycles. The van der Waals surface area contributed by atoms with Gasteiger partial charge in [0, 0.05) is 43.4 Å². The predicted molar refractivity (Wildman–Crippen MR) is 202 cm³/mol. The molecule has 0 radical (unpaired) electrons. The summed E-state index contributed by atoms with van der Waals surface area (Å²) >= 11 is 0. The van der Waals surface area contributed by atoms with Crippen molar-refractivity contribution in [3.05, 3.63) is 112 Å². The van der Waals surface area contributed by atoms with Crippen LogP contribution in [0.25, 0.3) is 17.5 Å². The SMILES string of the molecule is CCCCC1CCC(/C(F)=C(/F)c2ccc(CC(COC)C(F)(F)F)cc2)CC1.COCCC(Cc1ccc(/C(F)=C(/F)c2ccc(C)cc2)cc1)C(F)(F)F. The Balaban J connectivity index is 0.000000301. The fraction of sp³-hybridized carbons (Fsp3) is 0.500. The van der Waals surface area contributed by atoms with Gasteiger partial charge in [-0.1, -0.05) is 105 Å². The summed E-state index contributed by atoms with van der Waals surface area (Å²) in [5.41, 5.74) is 1.91. The lowest BCUT2D eigenvalue weighted by Crippen LogP contribution is -2.29. The highest BCUT2D eigenvalue weighted by atomic mass is 19.4. The number of unbranched alkanes of at least 4 members (excludes halogenated alkanes) is 1. The maximum atomic E-state index is 14.7. The van der Waals surface area contributed by atoms with Crippen molar-refractivity contribution in [1.29, 1.82) is 0 Å². The maximum absolute atomic E-state index is 14.7. The van der Waals surface area contributed by atoms with Gasteiger partial charge in [0.05, 0.1) is 18.4 Å². The average molecular weight is 803 g/mol. The predicted octanol–water partition coefficient (Wildman–Crippen LogP) is 14.2. The van der Waals surface area contributed by atoms with Crippen molar-refractivity contribution in [2.45, 2.75) is 90.4 Å². The van der Waals surface area contributed by atoms with E-state index in [1.165, 1.54) is 81.3 Å². The molecule has 0 saturated heterocycles. The second kappa shape index (κ2) is 22.3. The summed E-state index contributed by atoms with van der Waals surface area (Å²) < 4.78 is 146. The van der Waals surface area contributed by atoms with Crippen LogP contribution in [-0.4, -0.2) is 39.8 Å². The summed E-state index contributed by atoms with van der Waals surface area (Å²) in [6.07, 6.45) is -2.76. The van der Waals surface area contributed by atoms with E-state index in [0.717, 1.165) is 31.2 Å². The van der Waals surface area contributed by atoms with E-state index < -0.39 is 60.0 Å². The molecule has 3 aromatic rings. The zero-order valence-corrected chi connectivity index (χ0v) is 32.3. The number of hydrogen-bond acceptors (Lipinski definition) is 2. The summed E-state index contributed by atoms with van der Waals surface area (Å²) in [6.45, 7) is 3.55. The third-order valence-corrected chi connectivity index (χ3v) is 10.2. The Morgan fingerprint density at radius 2 is 1.07 bits per heavy atom. The van der Waals surface area contributed by atoms with Crippen molar-refractivity contribution in [2.75, 3.05) is 27.4 Å². The first kappa shape index (κ1) is 46.7. The first-order chi connectivity index (χ1) is 26.5. The van der Waals surface area contributed by atoms with Gasteiger partial charge in [-0.2, -0.15) is 26.3 Å². The monoisotopic (exact) mass is 802 g/mol. The van der Waals surface area contributed by atoms with Crippen molar-refractivity contribution in [1.82, 2.24) is 0 Å². The van der Waals surface area contributed by atoms with Crippen LogP contribution in [0, 0.1) is 30.6 Å². The molecule has 12 heteroatoms. The van der Waals surface area contributed by atoms with E-state index >= 15 is 0 Å². The van der Waals surface area contributed by atoms with Gasteiger partial charge in [0.15, 0.2) is 17.5 Å². The molecule has 0 N–H and O–H groups in total. The topological polar surface area (TPSA) is 18.5 Å². The van der Waals surface area contributed by atoms with E-state index in [2.05, 4.69) is 11.7 Å². The standard InChI is InChI=1S/C23H31F5O.C21H21F5O/c1-3-4-5-16-6-10-18(11-7-16)21(24)22(25)19-12-8-17(9-13-19)14-20(15-29-2)23(26,27)28;1-14-3-7-16(8-4-14)19(22)20(23)17-9-5-15(6-10-17)13-18(11-12-27-2)21(24,25)26/h8-9,12-13,16,18,20H,3-7,10-11,14-15H2,1-2H3;3-10,18H,11-13H2,1-2H3/b22-21-;20-19-. The van der Waals surface area contributed by atoms with Gasteiger partial charge in [0.2, 0.25) is 0 Å². The molecule has 56 heavy (non-hydrogen) atoms. The highest BCUT2D eigenvalue weighted by Crippen LogP contribution is 2.40. The van der Waals surface area contributed by atoms with Crippen LogP contribution >= 0.6 is 0 Å². The molecule has 2 nitrogen and oxygen atoms in total. The third kappa shape index (κ3) is 14.7. The number of allylic oxidation sites excluding steroid dienone is 1. The molecule has 0 aliphatic heterocycles. The molecule has 310 valence electrons. The lowest BCUT2D eigenvalue weighted by Gasteiger charge is -2.27. The van der Waals surface area contributed by atoms with Crippen LogP contribution in [0.3, 0.4) is 0 Å². The fourth-order valence-corrected chi connectivity index (χ4v) is 6.72. The van der Waals surface area contributed by atoms with E-state index in [1.54, 1.807) is 12.1 Å². The quantitative estimate of drug-likeness (QED) is 0.106. The smallest absolute Gasteiger partial charge is 0.385 e. The number of alkyl halides is 6. The first-order valence-electron chi connectivity index (χ1n) is 19.0. The first-order valence-corrected chi connectivity index (χ1v) is 19.0. The number of rotatable bonds is 16. The molecule has 0 heterocycles. The largest absolute Gasteiger partial charge is 0.394 e. The lowest BCUT2D eigenvalue weighted by atomic mass is 9.79. The van der Waals surface area contributed by atoms with E-state index in [9.17, 15) is 43.9 Å². The molecule has 0 aromatic heterocycles. The zero-order chi connectivity index (χ0) is 41.5. The van der Waals surface area contributed by atoms with Gasteiger partial charge < -0.3 is 9.47 Å². The fourth-order valence-electron chi connectivity index (χ4n) is 6.72. The lowest BCUT2D eigenvalue weighted by molar-refractivity contribution is -0.185. The Morgan fingerprint density at radius 3 is 1.50 bits per heavy atom. The number of hydrogen-bond donors (Lipinski definition) is 0. The molecule has 1 aliphatic rings. The summed E-state index contributed by atoms with van der Waals surface area (Å²) in [6, 6.07) is 17.2. The van der Waals surface area contributed by atoms with Gasteiger partial charge in [-0.3, -0.25) is 0 Å². The second-order valence-corrected chi connectivity index (χ2v) is 14.5. The van der Waals surface area contributed by atoms with Gasteiger partial charge >= 0.3 is 12.4 Å². The molecular formula is C44H52F10O2. The van der Waals surface area contributed by atoms with E-state index in [1.807, 2.05) is 6.92 Å². The molecule has 2 atom stereocenters.